The number of amides is 1. The van der Waals surface area contributed by atoms with Crippen molar-refractivity contribution < 1.29 is 4.79 Å². The van der Waals surface area contributed by atoms with Crippen LogP contribution < -0.4 is 11.1 Å². The lowest BCUT2D eigenvalue weighted by molar-refractivity contribution is 0.0949. The minimum absolute atomic E-state index is 0.169. The highest BCUT2D eigenvalue weighted by Gasteiger charge is 2.09. The summed E-state index contributed by atoms with van der Waals surface area (Å²) in [6.45, 7) is 5.02. The van der Waals surface area contributed by atoms with Crippen LogP contribution in [0.5, 0.6) is 0 Å². The highest BCUT2D eigenvalue weighted by Crippen LogP contribution is 2.12. The van der Waals surface area contributed by atoms with Crippen LogP contribution in [-0.4, -0.2) is 20.7 Å². The van der Waals surface area contributed by atoms with Crippen LogP contribution in [0.2, 0.25) is 0 Å². The standard InChI is InChI=1S/C13H17N5O/c1-3-18-8-16-17-12(18)7-15-13(19)10-5-4-9(2)11(14)6-10/h4-6,8H,3,7,14H2,1-2H3,(H,15,19). The number of aryl methyl sites for hydroxylation is 2. The first-order valence-electron chi connectivity index (χ1n) is 6.12. The monoisotopic (exact) mass is 259 g/mol. The summed E-state index contributed by atoms with van der Waals surface area (Å²) in [6.07, 6.45) is 1.64. The van der Waals surface area contributed by atoms with Gasteiger partial charge in [-0.2, -0.15) is 0 Å². The Bertz CT molecular complexity index is 590. The second-order valence-corrected chi connectivity index (χ2v) is 4.29. The fraction of sp³-hybridized carbons (Fsp3) is 0.308. The molecule has 0 spiro atoms. The average molecular weight is 259 g/mol. The summed E-state index contributed by atoms with van der Waals surface area (Å²) < 4.78 is 1.88. The highest BCUT2D eigenvalue weighted by atomic mass is 16.1. The number of anilines is 1. The summed E-state index contributed by atoms with van der Waals surface area (Å²) in [5.74, 6) is 0.563. The van der Waals surface area contributed by atoms with Crippen molar-refractivity contribution in [3.8, 4) is 0 Å². The number of nitrogens with one attached hydrogen (secondary N) is 1. The second-order valence-electron chi connectivity index (χ2n) is 4.29. The second kappa shape index (κ2) is 5.51. The largest absolute Gasteiger partial charge is 0.398 e. The normalized spacial score (nSPS) is 10.4. The van der Waals surface area contributed by atoms with Gasteiger partial charge in [-0.15, -0.1) is 10.2 Å². The minimum atomic E-state index is -0.169. The number of carbonyl (C=O) groups is 1. The first kappa shape index (κ1) is 13.1. The quantitative estimate of drug-likeness (QED) is 0.806. The number of hydrogen-bond donors (Lipinski definition) is 2. The third-order valence-corrected chi connectivity index (χ3v) is 2.98. The first-order valence-corrected chi connectivity index (χ1v) is 6.12. The molecule has 0 aliphatic heterocycles. The molecule has 1 aromatic heterocycles. The number of nitrogen functional groups attached to an aromatic ring is 1. The maximum Gasteiger partial charge on any atom is 0.251 e. The predicted molar refractivity (Wildman–Crippen MR) is 72.5 cm³/mol. The molecule has 19 heavy (non-hydrogen) atoms. The van der Waals surface area contributed by atoms with Crippen LogP contribution in [0.4, 0.5) is 5.69 Å². The van der Waals surface area contributed by atoms with E-state index >= 15 is 0 Å². The van der Waals surface area contributed by atoms with E-state index in [1.165, 1.54) is 0 Å². The summed E-state index contributed by atoms with van der Waals surface area (Å²) in [4.78, 5) is 12.0. The Kier molecular flexibility index (Phi) is 3.79. The molecule has 1 heterocycles. The molecule has 0 saturated heterocycles. The van der Waals surface area contributed by atoms with Gasteiger partial charge in [0.05, 0.1) is 6.54 Å². The lowest BCUT2D eigenvalue weighted by Gasteiger charge is -2.07. The Morgan fingerprint density at radius 3 is 2.95 bits per heavy atom. The SMILES string of the molecule is CCn1cnnc1CNC(=O)c1ccc(C)c(N)c1. The van der Waals surface area contributed by atoms with E-state index in [0.717, 1.165) is 17.9 Å². The van der Waals surface area contributed by atoms with Crippen LogP contribution in [-0.2, 0) is 13.1 Å². The topological polar surface area (TPSA) is 85.8 Å². The summed E-state index contributed by atoms with van der Waals surface area (Å²) in [5, 5.41) is 10.6. The number of hydrogen-bond acceptors (Lipinski definition) is 4. The molecule has 1 amide bonds. The molecule has 100 valence electrons. The van der Waals surface area contributed by atoms with E-state index in [1.807, 2.05) is 24.5 Å². The molecular formula is C13H17N5O. The number of aromatic nitrogens is 3. The van der Waals surface area contributed by atoms with E-state index in [-0.39, 0.29) is 5.91 Å². The van der Waals surface area contributed by atoms with Gasteiger partial charge in [0.2, 0.25) is 0 Å². The first-order chi connectivity index (χ1) is 9.11. The van der Waals surface area contributed by atoms with Crippen molar-refractivity contribution >= 4 is 11.6 Å². The van der Waals surface area contributed by atoms with Crippen LogP contribution in [0.3, 0.4) is 0 Å². The summed E-state index contributed by atoms with van der Waals surface area (Å²) in [7, 11) is 0. The molecule has 0 saturated carbocycles. The fourth-order valence-electron chi connectivity index (χ4n) is 1.72. The van der Waals surface area contributed by atoms with Gasteiger partial charge in [-0.25, -0.2) is 0 Å². The number of benzene rings is 1. The van der Waals surface area contributed by atoms with Crippen LogP contribution in [0.1, 0.15) is 28.7 Å². The van der Waals surface area contributed by atoms with Gasteiger partial charge in [-0.05, 0) is 31.5 Å². The zero-order valence-electron chi connectivity index (χ0n) is 11.1. The Hall–Kier alpha value is -2.37. The highest BCUT2D eigenvalue weighted by molar-refractivity contribution is 5.95. The van der Waals surface area contributed by atoms with Gasteiger partial charge in [0, 0.05) is 17.8 Å². The lowest BCUT2D eigenvalue weighted by atomic mass is 10.1. The molecule has 0 unspecified atom stereocenters. The molecule has 0 fully saturated rings. The molecule has 0 aliphatic rings. The molecule has 0 radical (unpaired) electrons. The van der Waals surface area contributed by atoms with E-state index in [0.29, 0.717) is 17.8 Å². The van der Waals surface area contributed by atoms with Gasteiger partial charge >= 0.3 is 0 Å². The van der Waals surface area contributed by atoms with E-state index in [1.54, 1.807) is 18.5 Å². The molecule has 1 aromatic carbocycles. The number of nitrogens with two attached hydrogens (primary N) is 1. The van der Waals surface area contributed by atoms with Crippen molar-refractivity contribution in [1.29, 1.82) is 0 Å². The smallest absolute Gasteiger partial charge is 0.251 e. The molecule has 2 rings (SSSR count). The number of carbonyl (C=O) groups excluding carboxylic acids is 1. The fourth-order valence-corrected chi connectivity index (χ4v) is 1.72. The summed E-state index contributed by atoms with van der Waals surface area (Å²) >= 11 is 0. The average Bonchev–Trinajstić information content (AvgIpc) is 2.86. The molecular weight excluding hydrogens is 242 g/mol. The molecule has 6 heteroatoms. The van der Waals surface area contributed by atoms with Gasteiger partial charge < -0.3 is 15.6 Å². The van der Waals surface area contributed by atoms with Gasteiger partial charge in [-0.3, -0.25) is 4.79 Å². The predicted octanol–water partition coefficient (Wildman–Crippen LogP) is 1.12. The zero-order chi connectivity index (χ0) is 13.8. The van der Waals surface area contributed by atoms with Crippen molar-refractivity contribution in [3.05, 3.63) is 41.5 Å². The van der Waals surface area contributed by atoms with Crippen molar-refractivity contribution in [2.75, 3.05) is 5.73 Å². The van der Waals surface area contributed by atoms with E-state index in [2.05, 4.69) is 15.5 Å². The minimum Gasteiger partial charge on any atom is -0.398 e. The number of rotatable bonds is 4. The van der Waals surface area contributed by atoms with E-state index in [4.69, 9.17) is 5.73 Å². The van der Waals surface area contributed by atoms with E-state index < -0.39 is 0 Å². The third kappa shape index (κ3) is 2.90. The summed E-state index contributed by atoms with van der Waals surface area (Å²) in [5.41, 5.74) is 7.91. The van der Waals surface area contributed by atoms with Crippen LogP contribution in [0.25, 0.3) is 0 Å². The van der Waals surface area contributed by atoms with E-state index in [9.17, 15) is 4.79 Å². The molecule has 2 aromatic rings. The van der Waals surface area contributed by atoms with Gasteiger partial charge in [-0.1, -0.05) is 6.07 Å². The van der Waals surface area contributed by atoms with Crippen LogP contribution >= 0.6 is 0 Å². The maximum atomic E-state index is 12.0. The maximum absolute atomic E-state index is 12.0. The Balaban J connectivity index is 2.03. The van der Waals surface area contributed by atoms with Gasteiger partial charge in [0.25, 0.3) is 5.91 Å². The van der Waals surface area contributed by atoms with Crippen molar-refractivity contribution in [1.82, 2.24) is 20.1 Å². The number of nitrogens with zero attached hydrogens (tertiary/aromatic N) is 3. The van der Waals surface area contributed by atoms with Crippen molar-refractivity contribution in [2.45, 2.75) is 26.9 Å². The van der Waals surface area contributed by atoms with Gasteiger partial charge in [0.1, 0.15) is 6.33 Å². The molecule has 3 N–H and O–H groups in total. The van der Waals surface area contributed by atoms with Crippen molar-refractivity contribution in [3.63, 3.8) is 0 Å². The lowest BCUT2D eigenvalue weighted by Crippen LogP contribution is -2.24. The molecule has 0 atom stereocenters. The molecule has 0 aliphatic carbocycles. The molecule has 6 nitrogen and oxygen atoms in total. The third-order valence-electron chi connectivity index (χ3n) is 2.98. The van der Waals surface area contributed by atoms with Crippen LogP contribution in [0.15, 0.2) is 24.5 Å². The zero-order valence-corrected chi connectivity index (χ0v) is 11.1. The van der Waals surface area contributed by atoms with Gasteiger partial charge in [0.15, 0.2) is 5.82 Å². The summed E-state index contributed by atoms with van der Waals surface area (Å²) in [6, 6.07) is 5.26. The Morgan fingerprint density at radius 1 is 1.47 bits per heavy atom. The molecule has 0 bridgehead atoms. The Labute approximate surface area is 111 Å². The Morgan fingerprint density at radius 2 is 2.26 bits per heavy atom. The van der Waals surface area contributed by atoms with Crippen molar-refractivity contribution in [2.24, 2.45) is 0 Å². The van der Waals surface area contributed by atoms with Crippen LogP contribution in [0, 0.1) is 6.92 Å².